The first-order valence-corrected chi connectivity index (χ1v) is 5.80. The minimum atomic E-state index is -1.55. The third-order valence-electron chi connectivity index (χ3n) is 2.74. The number of halogens is 4. The first kappa shape index (κ1) is 14.2. The van der Waals surface area contributed by atoms with Gasteiger partial charge in [-0.25, -0.2) is 8.78 Å². The minimum Gasteiger partial charge on any atom is -0.487 e. The van der Waals surface area contributed by atoms with Crippen LogP contribution in [0.1, 0.15) is 5.56 Å². The number of hydrogen-bond donors (Lipinski definition) is 1. The lowest BCUT2D eigenvalue weighted by Crippen LogP contribution is -2.08. The van der Waals surface area contributed by atoms with Crippen LogP contribution in [0.2, 0.25) is 0 Å². The fourth-order valence-corrected chi connectivity index (χ4v) is 1.70. The Kier molecular flexibility index (Phi) is 4.12. The predicted octanol–water partition coefficient (Wildman–Crippen LogP) is 3.45. The summed E-state index contributed by atoms with van der Waals surface area (Å²) >= 11 is 0. The number of ether oxygens (including phenoxy) is 1. The SMILES string of the molecule is Nc1ccccc1CCOc1c(F)c(F)cc(F)c1F. The summed E-state index contributed by atoms with van der Waals surface area (Å²) in [4.78, 5) is 0. The molecule has 0 aliphatic carbocycles. The molecule has 2 nitrogen and oxygen atoms in total. The molecule has 2 rings (SSSR count). The van der Waals surface area contributed by atoms with Gasteiger partial charge in [-0.1, -0.05) is 18.2 Å². The van der Waals surface area contributed by atoms with Crippen molar-refractivity contribution in [2.75, 3.05) is 12.3 Å². The van der Waals surface area contributed by atoms with Crippen LogP contribution in [-0.4, -0.2) is 6.61 Å². The molecule has 0 atom stereocenters. The van der Waals surface area contributed by atoms with Crippen LogP contribution in [0, 0.1) is 23.3 Å². The molecule has 2 N–H and O–H groups in total. The van der Waals surface area contributed by atoms with Gasteiger partial charge < -0.3 is 10.5 Å². The maximum absolute atomic E-state index is 13.3. The van der Waals surface area contributed by atoms with Gasteiger partial charge in [0, 0.05) is 18.2 Å². The Balaban J connectivity index is 2.11. The lowest BCUT2D eigenvalue weighted by Gasteiger charge is -2.10. The number of nitrogens with two attached hydrogens (primary N) is 1. The van der Waals surface area contributed by atoms with Crippen LogP contribution in [-0.2, 0) is 6.42 Å². The molecule has 0 spiro atoms. The molecule has 0 aromatic heterocycles. The third-order valence-corrected chi connectivity index (χ3v) is 2.74. The quantitative estimate of drug-likeness (QED) is 0.530. The van der Waals surface area contributed by atoms with Crippen LogP contribution in [0.25, 0.3) is 0 Å². The molecule has 20 heavy (non-hydrogen) atoms. The van der Waals surface area contributed by atoms with Crippen LogP contribution in [0.3, 0.4) is 0 Å². The Morgan fingerprint density at radius 3 is 2.15 bits per heavy atom. The highest BCUT2D eigenvalue weighted by Gasteiger charge is 2.20. The number of hydrogen-bond acceptors (Lipinski definition) is 2. The molecular weight excluding hydrogens is 274 g/mol. The maximum atomic E-state index is 13.3. The first-order valence-electron chi connectivity index (χ1n) is 5.80. The van der Waals surface area contributed by atoms with Gasteiger partial charge in [0.15, 0.2) is 17.4 Å². The van der Waals surface area contributed by atoms with E-state index in [1.165, 1.54) is 0 Å². The van der Waals surface area contributed by atoms with E-state index in [0.717, 1.165) is 0 Å². The van der Waals surface area contributed by atoms with E-state index in [0.29, 0.717) is 11.3 Å². The standard InChI is InChI=1S/C14H11F4NO/c15-9-7-10(16)13(18)14(12(9)17)20-6-5-8-3-1-2-4-11(8)19/h1-4,7H,5-6,19H2. The highest BCUT2D eigenvalue weighted by molar-refractivity contribution is 5.46. The van der Waals surface area contributed by atoms with Crippen LogP contribution in [0.15, 0.2) is 30.3 Å². The Bertz CT molecular complexity index is 605. The second-order valence-electron chi connectivity index (χ2n) is 4.09. The molecule has 106 valence electrons. The van der Waals surface area contributed by atoms with Gasteiger partial charge in [0.25, 0.3) is 0 Å². The molecule has 6 heteroatoms. The molecule has 0 aliphatic rings. The van der Waals surface area contributed by atoms with Crippen molar-refractivity contribution < 1.29 is 22.3 Å². The smallest absolute Gasteiger partial charge is 0.203 e. The molecule has 2 aromatic carbocycles. The zero-order valence-corrected chi connectivity index (χ0v) is 10.3. The van der Waals surface area contributed by atoms with Gasteiger partial charge in [0.1, 0.15) is 0 Å². The lowest BCUT2D eigenvalue weighted by atomic mass is 10.1. The van der Waals surface area contributed by atoms with E-state index in [4.69, 9.17) is 10.5 Å². The van der Waals surface area contributed by atoms with Gasteiger partial charge in [-0.3, -0.25) is 0 Å². The van der Waals surface area contributed by atoms with Crippen molar-refractivity contribution in [1.29, 1.82) is 0 Å². The van der Waals surface area contributed by atoms with Crippen LogP contribution in [0.4, 0.5) is 23.2 Å². The third kappa shape index (κ3) is 2.84. The van der Waals surface area contributed by atoms with Gasteiger partial charge in [0.2, 0.25) is 11.6 Å². The van der Waals surface area contributed by atoms with Gasteiger partial charge in [-0.2, -0.15) is 8.78 Å². The van der Waals surface area contributed by atoms with E-state index in [1.54, 1.807) is 24.3 Å². The average Bonchev–Trinajstić information content (AvgIpc) is 2.42. The summed E-state index contributed by atoms with van der Waals surface area (Å²) in [7, 11) is 0. The molecule has 0 heterocycles. The summed E-state index contributed by atoms with van der Waals surface area (Å²) in [5, 5.41) is 0. The molecule has 0 radical (unpaired) electrons. The van der Waals surface area contributed by atoms with E-state index in [1.807, 2.05) is 0 Å². The fraction of sp³-hybridized carbons (Fsp3) is 0.143. The Morgan fingerprint density at radius 1 is 0.950 bits per heavy atom. The van der Waals surface area contributed by atoms with Gasteiger partial charge in [-0.15, -0.1) is 0 Å². The molecular formula is C14H11F4NO. The van der Waals surface area contributed by atoms with E-state index >= 15 is 0 Å². The van der Waals surface area contributed by atoms with Crippen molar-refractivity contribution in [3.63, 3.8) is 0 Å². The Hall–Kier alpha value is -2.24. The summed E-state index contributed by atoms with van der Waals surface area (Å²) in [5.74, 6) is -7.16. The van der Waals surface area contributed by atoms with E-state index in [9.17, 15) is 17.6 Å². The summed E-state index contributed by atoms with van der Waals surface area (Å²) in [6.07, 6.45) is 0.254. The van der Waals surface area contributed by atoms with E-state index in [-0.39, 0.29) is 19.1 Å². The number of nitrogen functional groups attached to an aromatic ring is 1. The molecule has 2 aromatic rings. The predicted molar refractivity (Wildman–Crippen MR) is 66.3 cm³/mol. The van der Waals surface area contributed by atoms with Crippen molar-refractivity contribution in [2.24, 2.45) is 0 Å². The van der Waals surface area contributed by atoms with Crippen LogP contribution < -0.4 is 10.5 Å². The lowest BCUT2D eigenvalue weighted by molar-refractivity contribution is 0.275. The highest BCUT2D eigenvalue weighted by atomic mass is 19.2. The fourth-order valence-electron chi connectivity index (χ4n) is 1.70. The summed E-state index contributed by atoms with van der Waals surface area (Å²) in [6, 6.07) is 7.00. The van der Waals surface area contributed by atoms with E-state index in [2.05, 4.69) is 0 Å². The molecule has 0 bridgehead atoms. The summed E-state index contributed by atoms with van der Waals surface area (Å²) < 4.78 is 57.3. The number of benzene rings is 2. The Labute approximate surface area is 112 Å². The second-order valence-corrected chi connectivity index (χ2v) is 4.09. The van der Waals surface area contributed by atoms with Crippen molar-refractivity contribution in [3.8, 4) is 5.75 Å². The highest BCUT2D eigenvalue weighted by Crippen LogP contribution is 2.26. The topological polar surface area (TPSA) is 35.2 Å². The van der Waals surface area contributed by atoms with Gasteiger partial charge >= 0.3 is 0 Å². The first-order chi connectivity index (χ1) is 9.50. The number of rotatable bonds is 4. The minimum absolute atomic E-state index is 0.132. The van der Waals surface area contributed by atoms with Gasteiger partial charge in [0.05, 0.1) is 6.61 Å². The molecule has 0 saturated heterocycles. The largest absolute Gasteiger partial charge is 0.487 e. The normalized spacial score (nSPS) is 10.6. The number of anilines is 1. The molecule has 0 amide bonds. The number of para-hydroxylation sites is 1. The van der Waals surface area contributed by atoms with Crippen molar-refractivity contribution in [2.45, 2.75) is 6.42 Å². The van der Waals surface area contributed by atoms with Crippen molar-refractivity contribution in [3.05, 3.63) is 59.2 Å². The monoisotopic (exact) mass is 285 g/mol. The van der Waals surface area contributed by atoms with Crippen molar-refractivity contribution in [1.82, 2.24) is 0 Å². The van der Waals surface area contributed by atoms with Crippen LogP contribution in [0.5, 0.6) is 5.75 Å². The molecule has 0 aliphatic heterocycles. The van der Waals surface area contributed by atoms with Crippen molar-refractivity contribution >= 4 is 5.69 Å². The zero-order valence-electron chi connectivity index (χ0n) is 10.3. The molecule has 0 saturated carbocycles. The molecule has 0 fully saturated rings. The maximum Gasteiger partial charge on any atom is 0.203 e. The summed E-state index contributed by atoms with van der Waals surface area (Å²) in [5.41, 5.74) is 6.90. The molecule has 0 unspecified atom stereocenters. The Morgan fingerprint density at radius 2 is 1.55 bits per heavy atom. The van der Waals surface area contributed by atoms with Gasteiger partial charge in [-0.05, 0) is 11.6 Å². The average molecular weight is 285 g/mol. The second kappa shape index (κ2) is 5.81. The summed E-state index contributed by atoms with van der Waals surface area (Å²) in [6.45, 7) is -0.162. The van der Waals surface area contributed by atoms with E-state index < -0.39 is 29.0 Å². The zero-order chi connectivity index (χ0) is 14.7. The van der Waals surface area contributed by atoms with Crippen LogP contribution >= 0.6 is 0 Å².